The number of carbonyl (C=O) groups excluding carboxylic acids is 2. The van der Waals surface area contributed by atoms with E-state index in [0.29, 0.717) is 15.6 Å². The summed E-state index contributed by atoms with van der Waals surface area (Å²) >= 11 is 7.04. The molecule has 0 unspecified atom stereocenters. The lowest BCUT2D eigenvalue weighted by Gasteiger charge is -2.06. The number of aromatic nitrogens is 2. The van der Waals surface area contributed by atoms with Gasteiger partial charge in [-0.1, -0.05) is 23.4 Å². The van der Waals surface area contributed by atoms with E-state index in [1.54, 1.807) is 31.2 Å². The molecule has 9 heteroatoms. The summed E-state index contributed by atoms with van der Waals surface area (Å²) in [5.41, 5.74) is 0.717. The van der Waals surface area contributed by atoms with Gasteiger partial charge < -0.3 is 14.5 Å². The predicted molar refractivity (Wildman–Crippen MR) is 88.9 cm³/mol. The van der Waals surface area contributed by atoms with Crippen LogP contribution in [0.2, 0.25) is 5.02 Å². The van der Waals surface area contributed by atoms with Crippen LogP contribution < -0.4 is 5.32 Å². The van der Waals surface area contributed by atoms with E-state index in [4.69, 9.17) is 20.8 Å². The van der Waals surface area contributed by atoms with Crippen LogP contribution in [0, 0.1) is 0 Å². The molecule has 7 nitrogen and oxygen atoms in total. The summed E-state index contributed by atoms with van der Waals surface area (Å²) in [7, 11) is 0. The van der Waals surface area contributed by atoms with Crippen LogP contribution in [0.25, 0.3) is 17.0 Å². The molecule has 1 N–H and O–H groups in total. The second-order valence-corrected chi connectivity index (χ2v) is 6.10. The van der Waals surface area contributed by atoms with Gasteiger partial charge in [0.25, 0.3) is 5.89 Å². The summed E-state index contributed by atoms with van der Waals surface area (Å²) in [6.07, 6.45) is 0. The van der Waals surface area contributed by atoms with Crippen molar-refractivity contribution in [3.05, 3.63) is 40.2 Å². The van der Waals surface area contributed by atoms with Crippen molar-refractivity contribution < 1.29 is 18.7 Å². The van der Waals surface area contributed by atoms with E-state index in [1.807, 2.05) is 0 Å². The van der Waals surface area contributed by atoms with Gasteiger partial charge in [-0.15, -0.1) is 10.2 Å². The number of hydrogen-bond donors (Lipinski definition) is 1. The van der Waals surface area contributed by atoms with Crippen molar-refractivity contribution in [2.75, 3.05) is 12.4 Å². The molecule has 1 aliphatic rings. The monoisotopic (exact) mass is 365 g/mol. The van der Waals surface area contributed by atoms with Gasteiger partial charge in [0, 0.05) is 10.6 Å². The van der Waals surface area contributed by atoms with E-state index in [-0.39, 0.29) is 35.6 Å². The number of rotatable bonds is 4. The third kappa shape index (κ3) is 3.44. The van der Waals surface area contributed by atoms with Gasteiger partial charge in [-0.3, -0.25) is 4.79 Å². The van der Waals surface area contributed by atoms with Crippen molar-refractivity contribution in [1.82, 2.24) is 15.5 Å². The van der Waals surface area contributed by atoms with E-state index in [1.165, 1.54) is 11.8 Å². The number of nitrogens with one attached hydrogen (secondary N) is 1. The first kappa shape index (κ1) is 16.5. The molecule has 1 aromatic carbocycles. The first-order valence-electron chi connectivity index (χ1n) is 7.02. The van der Waals surface area contributed by atoms with Crippen LogP contribution in [0.3, 0.4) is 0 Å². The number of carbonyl (C=O) groups is 2. The molecular formula is C15H12ClN3O4S. The summed E-state index contributed by atoms with van der Waals surface area (Å²) in [6, 6.07) is 6.84. The Morgan fingerprint density at radius 3 is 2.75 bits per heavy atom. The Hall–Kier alpha value is -2.32. The molecule has 124 valence electrons. The van der Waals surface area contributed by atoms with Gasteiger partial charge in [-0.2, -0.15) is 0 Å². The second-order valence-electron chi connectivity index (χ2n) is 4.68. The third-order valence-corrected chi connectivity index (χ3v) is 4.29. The highest BCUT2D eigenvalue weighted by molar-refractivity contribution is 8.04. The van der Waals surface area contributed by atoms with Crippen LogP contribution in [0.15, 0.2) is 33.7 Å². The lowest BCUT2D eigenvalue weighted by atomic mass is 10.2. The molecule has 1 amide bonds. The molecule has 0 spiro atoms. The third-order valence-electron chi connectivity index (χ3n) is 3.04. The maximum absolute atomic E-state index is 12.2. The van der Waals surface area contributed by atoms with Crippen LogP contribution in [-0.4, -0.2) is 34.4 Å². The molecule has 3 rings (SSSR count). The van der Waals surface area contributed by atoms with Gasteiger partial charge in [0.15, 0.2) is 5.57 Å². The number of thioether (sulfide) groups is 1. The van der Waals surface area contributed by atoms with Crippen molar-refractivity contribution >= 4 is 40.8 Å². The number of amides is 1. The standard InChI is InChI=1S/C15H12ClN3O4S/c1-2-22-15(21)11(14-17-10(20)7-24-14)13-19-18-12(23-13)8-3-5-9(16)6-4-8/h3-6H,2,7H2,1H3,(H,17,20)/b14-11-. The molecule has 24 heavy (non-hydrogen) atoms. The Labute approximate surface area is 146 Å². The molecule has 2 heterocycles. The molecule has 2 aromatic rings. The largest absolute Gasteiger partial charge is 0.462 e. The minimum Gasteiger partial charge on any atom is -0.462 e. The molecule has 0 bridgehead atoms. The number of halogens is 1. The van der Waals surface area contributed by atoms with Crippen LogP contribution in [0.1, 0.15) is 12.8 Å². The van der Waals surface area contributed by atoms with E-state index in [0.717, 1.165) is 0 Å². The summed E-state index contributed by atoms with van der Waals surface area (Å²) in [6.45, 7) is 1.87. The van der Waals surface area contributed by atoms with Gasteiger partial charge >= 0.3 is 5.97 Å². The summed E-state index contributed by atoms with van der Waals surface area (Å²) < 4.78 is 10.6. The highest BCUT2D eigenvalue weighted by Crippen LogP contribution is 2.31. The van der Waals surface area contributed by atoms with Gasteiger partial charge in [0.05, 0.1) is 17.4 Å². The molecule has 0 atom stereocenters. The van der Waals surface area contributed by atoms with Crippen LogP contribution >= 0.6 is 23.4 Å². The van der Waals surface area contributed by atoms with E-state index in [9.17, 15) is 9.59 Å². The van der Waals surface area contributed by atoms with Crippen molar-refractivity contribution in [2.24, 2.45) is 0 Å². The molecule has 0 radical (unpaired) electrons. The SMILES string of the molecule is CCOC(=O)/C(=C1/NC(=O)CS1)c1nnc(-c2ccc(Cl)cc2)o1. The fourth-order valence-corrected chi connectivity index (χ4v) is 2.96. The number of benzene rings is 1. The zero-order valence-electron chi connectivity index (χ0n) is 12.5. The Balaban J connectivity index is 1.98. The van der Waals surface area contributed by atoms with E-state index < -0.39 is 5.97 Å². The first-order chi connectivity index (χ1) is 11.6. The predicted octanol–water partition coefficient (Wildman–Crippen LogP) is 2.48. The Bertz CT molecular complexity index is 816. The lowest BCUT2D eigenvalue weighted by Crippen LogP contribution is -2.18. The van der Waals surface area contributed by atoms with Crippen LogP contribution in [0.5, 0.6) is 0 Å². The van der Waals surface area contributed by atoms with Crippen molar-refractivity contribution in [3.8, 4) is 11.5 Å². The van der Waals surface area contributed by atoms with E-state index in [2.05, 4.69) is 15.5 Å². The van der Waals surface area contributed by atoms with Gasteiger partial charge in [0.1, 0.15) is 0 Å². The number of nitrogens with zero attached hydrogens (tertiary/aromatic N) is 2. The smallest absolute Gasteiger partial charge is 0.346 e. The number of esters is 1. The molecule has 1 saturated heterocycles. The molecule has 1 aliphatic heterocycles. The maximum atomic E-state index is 12.2. The number of ether oxygens (including phenoxy) is 1. The molecule has 0 saturated carbocycles. The van der Waals surface area contributed by atoms with Crippen LogP contribution in [-0.2, 0) is 14.3 Å². The lowest BCUT2D eigenvalue weighted by molar-refractivity contribution is -0.136. The Kier molecular flexibility index (Phi) is 4.86. The van der Waals surface area contributed by atoms with Crippen molar-refractivity contribution in [3.63, 3.8) is 0 Å². The normalized spacial score (nSPS) is 16.0. The van der Waals surface area contributed by atoms with Gasteiger partial charge in [-0.25, -0.2) is 4.79 Å². The average Bonchev–Trinajstić information content (AvgIpc) is 3.19. The summed E-state index contributed by atoms with van der Waals surface area (Å²) in [4.78, 5) is 23.7. The van der Waals surface area contributed by atoms with E-state index >= 15 is 0 Å². The minimum atomic E-state index is -0.631. The van der Waals surface area contributed by atoms with Crippen molar-refractivity contribution in [2.45, 2.75) is 6.92 Å². The van der Waals surface area contributed by atoms with Gasteiger partial charge in [-0.05, 0) is 31.2 Å². The average molecular weight is 366 g/mol. The first-order valence-corrected chi connectivity index (χ1v) is 8.38. The maximum Gasteiger partial charge on any atom is 0.346 e. The quantitative estimate of drug-likeness (QED) is 0.657. The topological polar surface area (TPSA) is 94.3 Å². The summed E-state index contributed by atoms with van der Waals surface area (Å²) in [5.74, 6) is -0.389. The molecular weight excluding hydrogens is 354 g/mol. The molecule has 0 aliphatic carbocycles. The minimum absolute atomic E-state index is 0.0110. The molecule has 1 fully saturated rings. The van der Waals surface area contributed by atoms with Crippen LogP contribution in [0.4, 0.5) is 0 Å². The zero-order chi connectivity index (χ0) is 17.1. The summed E-state index contributed by atoms with van der Waals surface area (Å²) in [5, 5.41) is 11.4. The number of hydrogen-bond acceptors (Lipinski definition) is 7. The Morgan fingerprint density at radius 1 is 1.38 bits per heavy atom. The fraction of sp³-hybridized carbons (Fsp3) is 0.200. The highest BCUT2D eigenvalue weighted by atomic mass is 35.5. The zero-order valence-corrected chi connectivity index (χ0v) is 14.1. The second kappa shape index (κ2) is 7.06. The van der Waals surface area contributed by atoms with Gasteiger partial charge in [0.2, 0.25) is 11.8 Å². The Morgan fingerprint density at radius 2 is 2.12 bits per heavy atom. The molecule has 1 aromatic heterocycles. The van der Waals surface area contributed by atoms with Crippen molar-refractivity contribution in [1.29, 1.82) is 0 Å². The fourth-order valence-electron chi connectivity index (χ4n) is 1.98. The highest BCUT2D eigenvalue weighted by Gasteiger charge is 2.29.